The van der Waals surface area contributed by atoms with E-state index in [4.69, 9.17) is 4.74 Å². The first-order valence-electron chi connectivity index (χ1n) is 7.98. The molecule has 0 spiro atoms. The highest BCUT2D eigenvalue weighted by atomic mass is 32.2. The lowest BCUT2D eigenvalue weighted by Crippen LogP contribution is -2.42. The van der Waals surface area contributed by atoms with Crippen molar-refractivity contribution in [1.29, 1.82) is 0 Å². The van der Waals surface area contributed by atoms with E-state index in [0.717, 1.165) is 12.8 Å². The molecule has 2 aliphatic rings. The van der Waals surface area contributed by atoms with E-state index >= 15 is 0 Å². The van der Waals surface area contributed by atoms with E-state index in [2.05, 4.69) is 5.32 Å². The van der Waals surface area contributed by atoms with Crippen molar-refractivity contribution in [3.8, 4) is 0 Å². The van der Waals surface area contributed by atoms with Gasteiger partial charge in [-0.1, -0.05) is 25.7 Å². The molecule has 0 unspecified atom stereocenters. The minimum atomic E-state index is 0.0710. The molecule has 0 aromatic carbocycles. The fraction of sp³-hybridized carbons (Fsp3) is 0.867. The predicted molar refractivity (Wildman–Crippen MR) is 84.4 cm³/mol. The average Bonchev–Trinajstić information content (AvgIpc) is 2.76. The topological polar surface area (TPSA) is 58.6 Å². The van der Waals surface area contributed by atoms with E-state index in [-0.39, 0.29) is 11.8 Å². The van der Waals surface area contributed by atoms with Gasteiger partial charge in [-0.25, -0.2) is 0 Å². The summed E-state index contributed by atoms with van der Waals surface area (Å²) in [5.41, 5.74) is 0. The van der Waals surface area contributed by atoms with Crippen molar-refractivity contribution in [3.05, 3.63) is 0 Å². The summed E-state index contributed by atoms with van der Waals surface area (Å²) in [6, 6.07) is 0.343. The van der Waals surface area contributed by atoms with Crippen LogP contribution >= 0.6 is 11.8 Å². The van der Waals surface area contributed by atoms with Crippen molar-refractivity contribution in [2.24, 2.45) is 0 Å². The molecule has 0 bridgehead atoms. The van der Waals surface area contributed by atoms with Crippen LogP contribution < -0.4 is 5.32 Å². The summed E-state index contributed by atoms with van der Waals surface area (Å²) in [5, 5.41) is 3.11. The number of morpholine rings is 1. The van der Waals surface area contributed by atoms with Crippen molar-refractivity contribution in [3.63, 3.8) is 0 Å². The highest BCUT2D eigenvalue weighted by Gasteiger charge is 2.18. The molecule has 1 aliphatic carbocycles. The maximum atomic E-state index is 11.9. The zero-order valence-electron chi connectivity index (χ0n) is 12.6. The lowest BCUT2D eigenvalue weighted by molar-refractivity contribution is -0.132. The molecule has 0 atom stereocenters. The molecule has 1 saturated carbocycles. The third-order valence-electron chi connectivity index (χ3n) is 4.04. The SMILES string of the molecule is O=C(CSCC(=O)N1CCOCC1)NC1CCCCCC1. The van der Waals surface area contributed by atoms with E-state index in [1.54, 1.807) is 0 Å². The van der Waals surface area contributed by atoms with Crippen LogP contribution in [-0.4, -0.2) is 60.6 Å². The van der Waals surface area contributed by atoms with Gasteiger partial charge in [0.15, 0.2) is 0 Å². The molecule has 1 saturated heterocycles. The van der Waals surface area contributed by atoms with Crippen LogP contribution in [0.2, 0.25) is 0 Å². The monoisotopic (exact) mass is 314 g/mol. The maximum Gasteiger partial charge on any atom is 0.232 e. The van der Waals surface area contributed by atoms with E-state index in [9.17, 15) is 9.59 Å². The Bertz CT molecular complexity index is 338. The Labute approximate surface area is 131 Å². The molecule has 1 N–H and O–H groups in total. The third-order valence-corrected chi connectivity index (χ3v) is 4.96. The van der Waals surface area contributed by atoms with Crippen molar-refractivity contribution in [2.75, 3.05) is 37.8 Å². The number of nitrogens with one attached hydrogen (secondary N) is 1. The summed E-state index contributed by atoms with van der Waals surface area (Å²) in [7, 11) is 0. The number of ether oxygens (including phenoxy) is 1. The lowest BCUT2D eigenvalue weighted by Gasteiger charge is -2.26. The van der Waals surface area contributed by atoms with Crippen molar-refractivity contribution in [2.45, 2.75) is 44.6 Å². The smallest absolute Gasteiger partial charge is 0.232 e. The summed E-state index contributed by atoms with van der Waals surface area (Å²) < 4.78 is 5.22. The van der Waals surface area contributed by atoms with E-state index in [1.165, 1.54) is 37.4 Å². The van der Waals surface area contributed by atoms with Crippen molar-refractivity contribution >= 4 is 23.6 Å². The normalized spacial score (nSPS) is 20.9. The molecule has 0 aromatic heterocycles. The van der Waals surface area contributed by atoms with Gasteiger partial charge in [0.1, 0.15) is 0 Å². The van der Waals surface area contributed by atoms with Gasteiger partial charge in [-0.2, -0.15) is 0 Å². The largest absolute Gasteiger partial charge is 0.378 e. The molecular weight excluding hydrogens is 288 g/mol. The van der Waals surface area contributed by atoms with E-state index in [0.29, 0.717) is 43.9 Å². The molecule has 2 rings (SSSR count). The highest BCUT2D eigenvalue weighted by Crippen LogP contribution is 2.17. The van der Waals surface area contributed by atoms with Gasteiger partial charge in [0.05, 0.1) is 24.7 Å². The van der Waals surface area contributed by atoms with Gasteiger partial charge in [-0.15, -0.1) is 11.8 Å². The second-order valence-electron chi connectivity index (χ2n) is 5.74. The molecular formula is C15H26N2O3S. The van der Waals surface area contributed by atoms with Crippen molar-refractivity contribution in [1.82, 2.24) is 10.2 Å². The Morgan fingerprint density at radius 3 is 2.38 bits per heavy atom. The number of hydrogen-bond donors (Lipinski definition) is 1. The van der Waals surface area contributed by atoms with Gasteiger partial charge >= 0.3 is 0 Å². The second kappa shape index (κ2) is 9.30. The first-order valence-corrected chi connectivity index (χ1v) is 9.14. The van der Waals surface area contributed by atoms with Gasteiger partial charge in [-0.05, 0) is 12.8 Å². The number of hydrogen-bond acceptors (Lipinski definition) is 4. The fourth-order valence-electron chi connectivity index (χ4n) is 2.83. The third kappa shape index (κ3) is 6.26. The zero-order chi connectivity index (χ0) is 14.9. The first-order chi connectivity index (χ1) is 10.3. The Morgan fingerprint density at radius 1 is 1.05 bits per heavy atom. The summed E-state index contributed by atoms with van der Waals surface area (Å²) in [6.07, 6.45) is 7.21. The number of carbonyl (C=O) groups is 2. The van der Waals surface area contributed by atoms with E-state index < -0.39 is 0 Å². The minimum absolute atomic E-state index is 0.0710. The summed E-state index contributed by atoms with van der Waals surface area (Å²) in [4.78, 5) is 25.7. The molecule has 2 amide bonds. The number of nitrogens with zero attached hydrogens (tertiary/aromatic N) is 1. The molecule has 6 heteroatoms. The van der Waals surface area contributed by atoms with Gasteiger partial charge < -0.3 is 15.0 Å². The summed E-state index contributed by atoms with van der Waals surface area (Å²) in [6.45, 7) is 2.60. The molecule has 120 valence electrons. The zero-order valence-corrected chi connectivity index (χ0v) is 13.5. The lowest BCUT2D eigenvalue weighted by atomic mass is 10.1. The van der Waals surface area contributed by atoms with Gasteiger partial charge in [-0.3, -0.25) is 9.59 Å². The van der Waals surface area contributed by atoms with Gasteiger partial charge in [0.25, 0.3) is 0 Å². The molecule has 0 radical (unpaired) electrons. The quantitative estimate of drug-likeness (QED) is 0.780. The van der Waals surface area contributed by atoms with Crippen LogP contribution in [0, 0.1) is 0 Å². The van der Waals surface area contributed by atoms with Crippen LogP contribution in [0.15, 0.2) is 0 Å². The second-order valence-corrected chi connectivity index (χ2v) is 6.73. The van der Waals surface area contributed by atoms with Crippen LogP contribution in [0.1, 0.15) is 38.5 Å². The van der Waals surface area contributed by atoms with Crippen molar-refractivity contribution < 1.29 is 14.3 Å². The number of amides is 2. The standard InChI is InChI=1S/C15H26N2O3S/c18-14(16-13-5-3-1-2-4-6-13)11-21-12-15(19)17-7-9-20-10-8-17/h13H,1-12H2,(H,16,18). The molecule has 5 nitrogen and oxygen atoms in total. The van der Waals surface area contributed by atoms with Gasteiger partial charge in [0, 0.05) is 19.1 Å². The summed E-state index contributed by atoms with van der Waals surface area (Å²) in [5.74, 6) is 0.956. The fourth-order valence-corrected chi connectivity index (χ4v) is 3.56. The Hall–Kier alpha value is -0.750. The van der Waals surface area contributed by atoms with Crippen LogP contribution in [-0.2, 0) is 14.3 Å². The van der Waals surface area contributed by atoms with Crippen LogP contribution in [0.3, 0.4) is 0 Å². The molecule has 21 heavy (non-hydrogen) atoms. The first kappa shape index (κ1) is 16.6. The molecule has 1 aliphatic heterocycles. The van der Waals surface area contributed by atoms with Gasteiger partial charge in [0.2, 0.25) is 11.8 Å². The average molecular weight is 314 g/mol. The van der Waals surface area contributed by atoms with E-state index in [1.807, 2.05) is 4.90 Å². The Balaban J connectivity index is 1.58. The molecule has 0 aromatic rings. The maximum absolute atomic E-state index is 11.9. The molecule has 1 heterocycles. The van der Waals surface area contributed by atoms with Crippen LogP contribution in [0.5, 0.6) is 0 Å². The molecule has 2 fully saturated rings. The number of carbonyl (C=O) groups excluding carboxylic acids is 2. The minimum Gasteiger partial charge on any atom is -0.378 e. The van der Waals surface area contributed by atoms with Crippen LogP contribution in [0.25, 0.3) is 0 Å². The summed E-state index contributed by atoms with van der Waals surface area (Å²) >= 11 is 1.41. The Kier molecular flexibility index (Phi) is 7.36. The number of rotatable bonds is 5. The Morgan fingerprint density at radius 2 is 1.71 bits per heavy atom. The number of thioether (sulfide) groups is 1. The predicted octanol–water partition coefficient (Wildman–Crippen LogP) is 1.42. The highest BCUT2D eigenvalue weighted by molar-refractivity contribution is 8.00. The van der Waals surface area contributed by atoms with Crippen LogP contribution in [0.4, 0.5) is 0 Å².